The first-order valence-electron chi connectivity index (χ1n) is 5.85. The van der Waals surface area contributed by atoms with Crippen molar-refractivity contribution in [3.63, 3.8) is 0 Å². The highest BCUT2D eigenvalue weighted by atomic mass is 79.9. The minimum Gasteiger partial charge on any atom is -0.378 e. The van der Waals surface area contributed by atoms with Crippen molar-refractivity contribution in [2.24, 2.45) is 0 Å². The molecule has 2 aromatic heterocycles. The smallest absolute Gasteiger partial charge is 0.323 e. The number of aromatic amines is 2. The number of anilines is 1. The van der Waals surface area contributed by atoms with E-state index < -0.39 is 0 Å². The van der Waals surface area contributed by atoms with Crippen LogP contribution in [0.1, 0.15) is 17.8 Å². The molecular weight excluding hydrogens is 326 g/mol. The molecule has 1 unspecified atom stereocenters. The first-order valence-corrected chi connectivity index (χ1v) is 7.46. The van der Waals surface area contributed by atoms with E-state index in [9.17, 15) is 4.79 Å². The fraction of sp³-hybridized carbons (Fsp3) is 0.154. The molecule has 0 aliphatic heterocycles. The van der Waals surface area contributed by atoms with Crippen molar-refractivity contribution < 1.29 is 0 Å². The van der Waals surface area contributed by atoms with Crippen molar-refractivity contribution in [1.82, 2.24) is 9.97 Å². The highest BCUT2D eigenvalue weighted by molar-refractivity contribution is 9.11. The van der Waals surface area contributed by atoms with Crippen LogP contribution in [0, 0.1) is 0 Å². The second-order valence-electron chi connectivity index (χ2n) is 4.35. The van der Waals surface area contributed by atoms with Crippen LogP contribution in [-0.4, -0.2) is 9.97 Å². The molecule has 4 nitrogen and oxygen atoms in total. The number of thiophene rings is 1. The van der Waals surface area contributed by atoms with Crippen molar-refractivity contribution in [2.45, 2.75) is 13.0 Å². The Labute approximate surface area is 122 Å². The third-order valence-corrected chi connectivity index (χ3v) is 4.73. The molecule has 0 saturated heterocycles. The molecule has 0 saturated carbocycles. The van der Waals surface area contributed by atoms with Gasteiger partial charge in [0, 0.05) is 10.6 Å². The van der Waals surface area contributed by atoms with Crippen LogP contribution >= 0.6 is 27.3 Å². The van der Waals surface area contributed by atoms with Crippen LogP contribution in [0.5, 0.6) is 0 Å². The Bertz CT molecular complexity index is 773. The zero-order valence-corrected chi connectivity index (χ0v) is 12.6. The van der Waals surface area contributed by atoms with E-state index in [1.807, 2.05) is 24.3 Å². The first kappa shape index (κ1) is 12.5. The molecule has 2 heterocycles. The van der Waals surface area contributed by atoms with Crippen molar-refractivity contribution in [3.05, 3.63) is 49.5 Å². The molecule has 98 valence electrons. The molecule has 3 N–H and O–H groups in total. The number of aromatic nitrogens is 2. The van der Waals surface area contributed by atoms with Crippen LogP contribution in [0.25, 0.3) is 11.0 Å². The maximum Gasteiger partial charge on any atom is 0.323 e. The molecule has 0 aliphatic rings. The number of rotatable bonds is 3. The zero-order valence-electron chi connectivity index (χ0n) is 10.2. The van der Waals surface area contributed by atoms with E-state index in [4.69, 9.17) is 0 Å². The van der Waals surface area contributed by atoms with Crippen LogP contribution in [-0.2, 0) is 0 Å². The molecule has 3 rings (SSSR count). The van der Waals surface area contributed by atoms with Crippen LogP contribution in [0.4, 0.5) is 5.69 Å². The van der Waals surface area contributed by atoms with Gasteiger partial charge in [0.2, 0.25) is 0 Å². The minimum atomic E-state index is -0.178. The van der Waals surface area contributed by atoms with Gasteiger partial charge in [-0.3, -0.25) is 0 Å². The summed E-state index contributed by atoms with van der Waals surface area (Å²) in [6, 6.07) is 10.2. The van der Waals surface area contributed by atoms with Gasteiger partial charge in [0.25, 0.3) is 0 Å². The Morgan fingerprint density at radius 2 is 2.00 bits per heavy atom. The van der Waals surface area contributed by atoms with Gasteiger partial charge >= 0.3 is 5.69 Å². The monoisotopic (exact) mass is 337 g/mol. The van der Waals surface area contributed by atoms with E-state index >= 15 is 0 Å². The van der Waals surface area contributed by atoms with E-state index in [1.54, 1.807) is 11.3 Å². The molecule has 0 radical (unpaired) electrons. The van der Waals surface area contributed by atoms with Gasteiger partial charge in [0.05, 0.1) is 20.9 Å². The lowest BCUT2D eigenvalue weighted by molar-refractivity contribution is 0.908. The molecule has 0 bridgehead atoms. The summed E-state index contributed by atoms with van der Waals surface area (Å²) in [4.78, 5) is 18.0. The molecule has 3 aromatic rings. The van der Waals surface area contributed by atoms with Crippen LogP contribution in [0.3, 0.4) is 0 Å². The third-order valence-electron chi connectivity index (χ3n) is 2.92. The number of hydrogen-bond acceptors (Lipinski definition) is 3. The summed E-state index contributed by atoms with van der Waals surface area (Å²) in [5, 5.41) is 3.43. The zero-order chi connectivity index (χ0) is 13.4. The number of imidazole rings is 1. The Balaban J connectivity index is 1.86. The SMILES string of the molecule is CC(Nc1ccc2[nH]c(=O)[nH]c2c1)c1ccc(Br)s1. The molecule has 6 heteroatoms. The topological polar surface area (TPSA) is 60.7 Å². The summed E-state index contributed by atoms with van der Waals surface area (Å²) in [5.41, 5.74) is 2.44. The summed E-state index contributed by atoms with van der Waals surface area (Å²) >= 11 is 5.18. The maximum atomic E-state index is 11.2. The number of H-pyrrole nitrogens is 2. The van der Waals surface area contributed by atoms with Gasteiger partial charge in [-0.15, -0.1) is 11.3 Å². The first-order chi connectivity index (χ1) is 9.11. The van der Waals surface area contributed by atoms with Gasteiger partial charge in [-0.1, -0.05) is 0 Å². The quantitative estimate of drug-likeness (QED) is 0.679. The Kier molecular flexibility index (Phi) is 3.20. The summed E-state index contributed by atoms with van der Waals surface area (Å²) < 4.78 is 1.13. The lowest BCUT2D eigenvalue weighted by Gasteiger charge is -2.13. The van der Waals surface area contributed by atoms with E-state index in [1.165, 1.54) is 4.88 Å². The Morgan fingerprint density at radius 3 is 2.74 bits per heavy atom. The second kappa shape index (κ2) is 4.86. The molecule has 0 spiro atoms. The summed E-state index contributed by atoms with van der Waals surface area (Å²) in [6.07, 6.45) is 0. The summed E-state index contributed by atoms with van der Waals surface area (Å²) in [6.45, 7) is 2.11. The van der Waals surface area contributed by atoms with E-state index in [0.29, 0.717) is 0 Å². The second-order valence-corrected chi connectivity index (χ2v) is 6.84. The average molecular weight is 338 g/mol. The average Bonchev–Trinajstić information content (AvgIpc) is 2.93. The van der Waals surface area contributed by atoms with Crippen LogP contribution in [0.2, 0.25) is 0 Å². The maximum absolute atomic E-state index is 11.2. The fourth-order valence-corrected chi connectivity index (χ4v) is 3.43. The van der Waals surface area contributed by atoms with Crippen LogP contribution < -0.4 is 11.0 Å². The lowest BCUT2D eigenvalue weighted by Crippen LogP contribution is -2.04. The molecule has 0 aliphatic carbocycles. The minimum absolute atomic E-state index is 0.178. The number of hydrogen-bond donors (Lipinski definition) is 3. The van der Waals surface area contributed by atoms with Gasteiger partial charge in [0.15, 0.2) is 0 Å². The van der Waals surface area contributed by atoms with Crippen molar-refractivity contribution in [1.29, 1.82) is 0 Å². The standard InChI is InChI=1S/C13H12BrN3OS/c1-7(11-4-5-12(14)19-11)15-8-2-3-9-10(6-8)17-13(18)16-9/h2-7,15H,1H3,(H2,16,17,18). The third kappa shape index (κ3) is 2.59. The van der Waals surface area contributed by atoms with Crippen molar-refractivity contribution in [3.8, 4) is 0 Å². The number of halogens is 1. The largest absolute Gasteiger partial charge is 0.378 e. The predicted octanol–water partition coefficient (Wildman–Crippen LogP) is 3.85. The Morgan fingerprint density at radius 1 is 1.21 bits per heavy atom. The van der Waals surface area contributed by atoms with E-state index in [2.05, 4.69) is 44.2 Å². The summed E-state index contributed by atoms with van der Waals surface area (Å²) in [5.74, 6) is 0. The Hall–Kier alpha value is -1.53. The number of fused-ring (bicyclic) bond motifs is 1. The molecule has 0 fully saturated rings. The fourth-order valence-electron chi connectivity index (χ4n) is 2.00. The van der Waals surface area contributed by atoms with Gasteiger partial charge in [-0.2, -0.15) is 0 Å². The lowest BCUT2D eigenvalue weighted by atomic mass is 10.2. The van der Waals surface area contributed by atoms with Crippen molar-refractivity contribution in [2.75, 3.05) is 5.32 Å². The predicted molar refractivity (Wildman–Crippen MR) is 83.0 cm³/mol. The van der Waals surface area contributed by atoms with Crippen LogP contribution in [0.15, 0.2) is 38.9 Å². The van der Waals surface area contributed by atoms with Gasteiger partial charge in [-0.05, 0) is 53.2 Å². The molecular formula is C13H12BrN3OS. The normalized spacial score (nSPS) is 12.7. The number of nitrogens with one attached hydrogen (secondary N) is 3. The van der Waals surface area contributed by atoms with Gasteiger partial charge in [0.1, 0.15) is 0 Å². The molecule has 1 aromatic carbocycles. The number of benzene rings is 1. The van der Waals surface area contributed by atoms with Gasteiger partial charge < -0.3 is 15.3 Å². The van der Waals surface area contributed by atoms with Gasteiger partial charge in [-0.25, -0.2) is 4.79 Å². The van der Waals surface area contributed by atoms with Crippen molar-refractivity contribution >= 4 is 44.0 Å². The van der Waals surface area contributed by atoms with E-state index in [0.717, 1.165) is 20.5 Å². The highest BCUT2D eigenvalue weighted by Crippen LogP contribution is 2.29. The highest BCUT2D eigenvalue weighted by Gasteiger charge is 2.08. The summed E-state index contributed by atoms with van der Waals surface area (Å²) in [7, 11) is 0. The molecule has 1 atom stereocenters. The molecule has 19 heavy (non-hydrogen) atoms. The molecule has 0 amide bonds. The van der Waals surface area contributed by atoms with E-state index in [-0.39, 0.29) is 11.7 Å².